The Bertz CT molecular complexity index is 648. The molecule has 1 aromatic rings. The zero-order valence-electron chi connectivity index (χ0n) is 14.7. The maximum Gasteiger partial charge on any atom is 0.193 e. The molecular weight excluding hydrogens is 326 g/mol. The minimum atomic E-state index is -3.16. The van der Waals surface area contributed by atoms with Gasteiger partial charge in [-0.15, -0.1) is 0 Å². The van der Waals surface area contributed by atoms with E-state index >= 15 is 0 Å². The van der Waals surface area contributed by atoms with Crippen LogP contribution in [0.1, 0.15) is 19.8 Å². The molecule has 0 bridgehead atoms. The van der Waals surface area contributed by atoms with Gasteiger partial charge in [-0.3, -0.25) is 4.99 Å². The number of ether oxygens (including phenoxy) is 1. The first-order valence-electron chi connectivity index (χ1n) is 8.28. The Labute approximate surface area is 144 Å². The number of hydrogen-bond donors (Lipinski definition) is 1. The molecule has 0 aromatic heterocycles. The topological polar surface area (TPSA) is 71.0 Å². The summed E-state index contributed by atoms with van der Waals surface area (Å²) in [5, 5.41) is 3.31. The molecule has 2 rings (SSSR count). The SMILES string of the molecule is CN=C(NCCOc1ccc(S(C)(=O)=O)cc1)N1CCC(C)CC1. The van der Waals surface area contributed by atoms with Gasteiger partial charge in [0.05, 0.1) is 11.4 Å². The molecule has 0 saturated carbocycles. The Morgan fingerprint density at radius 2 is 1.92 bits per heavy atom. The number of sulfone groups is 1. The van der Waals surface area contributed by atoms with Crippen molar-refractivity contribution in [2.75, 3.05) is 39.5 Å². The second-order valence-electron chi connectivity index (χ2n) is 6.24. The Kier molecular flexibility index (Phi) is 6.48. The van der Waals surface area contributed by atoms with Crippen molar-refractivity contribution in [3.05, 3.63) is 24.3 Å². The molecule has 24 heavy (non-hydrogen) atoms. The van der Waals surface area contributed by atoms with E-state index in [0.717, 1.165) is 25.0 Å². The average molecular weight is 353 g/mol. The van der Waals surface area contributed by atoms with Crippen molar-refractivity contribution in [3.63, 3.8) is 0 Å². The van der Waals surface area contributed by atoms with E-state index in [1.54, 1.807) is 31.3 Å². The fourth-order valence-electron chi connectivity index (χ4n) is 2.67. The smallest absolute Gasteiger partial charge is 0.193 e. The lowest BCUT2D eigenvalue weighted by Crippen LogP contribution is -2.46. The fraction of sp³-hybridized carbons (Fsp3) is 0.588. The summed E-state index contributed by atoms with van der Waals surface area (Å²) in [5.74, 6) is 2.36. The monoisotopic (exact) mass is 353 g/mol. The van der Waals surface area contributed by atoms with Gasteiger partial charge < -0.3 is 15.0 Å². The minimum absolute atomic E-state index is 0.299. The third-order valence-electron chi connectivity index (χ3n) is 4.20. The number of rotatable bonds is 5. The average Bonchev–Trinajstić information content (AvgIpc) is 2.56. The summed E-state index contributed by atoms with van der Waals surface area (Å²) in [6, 6.07) is 6.48. The van der Waals surface area contributed by atoms with Crippen LogP contribution in [0.3, 0.4) is 0 Å². The summed E-state index contributed by atoms with van der Waals surface area (Å²) < 4.78 is 28.5. The van der Waals surface area contributed by atoms with E-state index in [-0.39, 0.29) is 0 Å². The predicted octanol–water partition coefficient (Wildman–Crippen LogP) is 1.78. The number of aliphatic imine (C=N–C) groups is 1. The van der Waals surface area contributed by atoms with Gasteiger partial charge in [0.25, 0.3) is 0 Å². The first-order valence-corrected chi connectivity index (χ1v) is 10.2. The molecule has 0 atom stereocenters. The van der Waals surface area contributed by atoms with Crippen LogP contribution in [0, 0.1) is 5.92 Å². The van der Waals surface area contributed by atoms with Gasteiger partial charge in [0.2, 0.25) is 0 Å². The highest BCUT2D eigenvalue weighted by atomic mass is 32.2. The zero-order chi connectivity index (χ0) is 17.6. The molecule has 134 valence electrons. The van der Waals surface area contributed by atoms with Gasteiger partial charge >= 0.3 is 0 Å². The number of piperidine rings is 1. The summed E-state index contributed by atoms with van der Waals surface area (Å²) in [5.41, 5.74) is 0. The standard InChI is InChI=1S/C17H27N3O3S/c1-14-8-11-20(12-9-14)17(18-2)19-10-13-23-15-4-6-16(7-5-15)24(3,21)22/h4-7,14H,8-13H2,1-3H3,(H,18,19). The van der Waals surface area contributed by atoms with Crippen molar-refractivity contribution < 1.29 is 13.2 Å². The van der Waals surface area contributed by atoms with Gasteiger partial charge in [0, 0.05) is 26.4 Å². The minimum Gasteiger partial charge on any atom is -0.492 e. The molecule has 1 saturated heterocycles. The number of likely N-dealkylation sites (tertiary alicyclic amines) is 1. The van der Waals surface area contributed by atoms with E-state index in [1.165, 1.54) is 19.1 Å². The fourth-order valence-corrected chi connectivity index (χ4v) is 3.30. The predicted molar refractivity (Wildman–Crippen MR) is 96.4 cm³/mol. The highest BCUT2D eigenvalue weighted by Crippen LogP contribution is 2.16. The Hall–Kier alpha value is -1.76. The lowest BCUT2D eigenvalue weighted by Gasteiger charge is -2.32. The molecule has 1 aliphatic rings. The number of guanidine groups is 1. The molecule has 0 spiro atoms. The summed E-state index contributed by atoms with van der Waals surface area (Å²) in [6.07, 6.45) is 3.59. The van der Waals surface area contributed by atoms with Crippen molar-refractivity contribution in [3.8, 4) is 5.75 Å². The highest BCUT2D eigenvalue weighted by molar-refractivity contribution is 7.90. The van der Waals surface area contributed by atoms with Crippen LogP contribution < -0.4 is 10.1 Å². The molecule has 1 aromatic carbocycles. The van der Waals surface area contributed by atoms with Crippen molar-refractivity contribution in [1.29, 1.82) is 0 Å². The van der Waals surface area contributed by atoms with Gasteiger partial charge in [-0.1, -0.05) is 6.92 Å². The molecular formula is C17H27N3O3S. The molecule has 1 aliphatic heterocycles. The van der Waals surface area contributed by atoms with Crippen LogP contribution in [0.4, 0.5) is 0 Å². The molecule has 7 heteroatoms. The van der Waals surface area contributed by atoms with E-state index in [4.69, 9.17) is 4.74 Å². The second-order valence-corrected chi connectivity index (χ2v) is 8.25. The first-order chi connectivity index (χ1) is 11.4. The quantitative estimate of drug-likeness (QED) is 0.496. The second kappa shape index (κ2) is 8.37. The van der Waals surface area contributed by atoms with Crippen LogP contribution in [0.25, 0.3) is 0 Å². The molecule has 1 N–H and O–H groups in total. The van der Waals surface area contributed by atoms with Crippen molar-refractivity contribution in [1.82, 2.24) is 10.2 Å². The Morgan fingerprint density at radius 1 is 1.29 bits per heavy atom. The maximum atomic E-state index is 11.4. The summed E-state index contributed by atoms with van der Waals surface area (Å²) in [4.78, 5) is 6.91. The van der Waals surface area contributed by atoms with Crippen molar-refractivity contribution in [2.45, 2.75) is 24.7 Å². The first kappa shape index (κ1) is 18.6. The number of nitrogens with zero attached hydrogens (tertiary/aromatic N) is 2. The summed E-state index contributed by atoms with van der Waals surface area (Å²) in [7, 11) is -1.37. The van der Waals surface area contributed by atoms with E-state index in [2.05, 4.69) is 22.1 Å². The zero-order valence-corrected chi connectivity index (χ0v) is 15.5. The lowest BCUT2D eigenvalue weighted by molar-refractivity contribution is 0.269. The molecule has 0 amide bonds. The van der Waals surface area contributed by atoms with Crippen LogP contribution in [0.2, 0.25) is 0 Å². The lowest BCUT2D eigenvalue weighted by atomic mass is 10.00. The molecule has 0 radical (unpaired) electrons. The van der Waals surface area contributed by atoms with E-state index in [1.807, 2.05) is 0 Å². The molecule has 1 heterocycles. The van der Waals surface area contributed by atoms with Gasteiger partial charge in [0.1, 0.15) is 12.4 Å². The van der Waals surface area contributed by atoms with Crippen LogP contribution in [-0.2, 0) is 9.84 Å². The van der Waals surface area contributed by atoms with Gasteiger partial charge in [-0.2, -0.15) is 0 Å². The van der Waals surface area contributed by atoms with Gasteiger partial charge in [-0.05, 0) is 43.0 Å². The molecule has 6 nitrogen and oxygen atoms in total. The third kappa shape index (κ3) is 5.40. The summed E-state index contributed by atoms with van der Waals surface area (Å²) in [6.45, 7) is 5.49. The number of hydrogen-bond acceptors (Lipinski definition) is 4. The molecule has 0 aliphatic carbocycles. The van der Waals surface area contributed by atoms with Gasteiger partial charge in [-0.25, -0.2) is 8.42 Å². The maximum absolute atomic E-state index is 11.4. The van der Waals surface area contributed by atoms with Crippen molar-refractivity contribution in [2.24, 2.45) is 10.9 Å². The van der Waals surface area contributed by atoms with Crippen LogP contribution in [0.15, 0.2) is 34.2 Å². The van der Waals surface area contributed by atoms with E-state index < -0.39 is 9.84 Å². The van der Waals surface area contributed by atoms with E-state index in [0.29, 0.717) is 23.8 Å². The highest BCUT2D eigenvalue weighted by Gasteiger charge is 2.18. The van der Waals surface area contributed by atoms with E-state index in [9.17, 15) is 8.42 Å². The Balaban J connectivity index is 1.75. The van der Waals surface area contributed by atoms with Crippen LogP contribution in [-0.4, -0.2) is 58.8 Å². The van der Waals surface area contributed by atoms with Crippen LogP contribution in [0.5, 0.6) is 5.75 Å². The normalized spacial score (nSPS) is 17.0. The Morgan fingerprint density at radius 3 is 2.46 bits per heavy atom. The van der Waals surface area contributed by atoms with Crippen LogP contribution >= 0.6 is 0 Å². The molecule has 1 fully saturated rings. The van der Waals surface area contributed by atoms with Gasteiger partial charge in [0.15, 0.2) is 15.8 Å². The number of benzene rings is 1. The third-order valence-corrected chi connectivity index (χ3v) is 5.33. The molecule has 0 unspecified atom stereocenters. The van der Waals surface area contributed by atoms with Crippen molar-refractivity contribution >= 4 is 15.8 Å². The summed E-state index contributed by atoms with van der Waals surface area (Å²) >= 11 is 0. The number of nitrogens with one attached hydrogen (secondary N) is 1. The largest absolute Gasteiger partial charge is 0.492 e.